The van der Waals surface area contributed by atoms with Crippen LogP contribution in [-0.4, -0.2) is 42.9 Å². The summed E-state index contributed by atoms with van der Waals surface area (Å²) in [6.07, 6.45) is 1.99. The van der Waals surface area contributed by atoms with E-state index < -0.39 is 0 Å². The fourth-order valence-corrected chi connectivity index (χ4v) is 3.10. The maximum Gasteiger partial charge on any atom is 0.225 e. The minimum atomic E-state index is -0.0713. The standard InChI is InChI=1S/C16H24N6O/c1-10-11(2)17-16(18-12(10)3)22-7-5-13(6-8-22)15-20-19-14(9-23)21(15)4/h13,23H,5-9H2,1-4H3. The molecule has 0 saturated carbocycles. The van der Waals surface area contributed by atoms with E-state index in [0.717, 1.165) is 49.1 Å². The van der Waals surface area contributed by atoms with Gasteiger partial charge in [-0.3, -0.25) is 0 Å². The van der Waals surface area contributed by atoms with Crippen LogP contribution in [0.3, 0.4) is 0 Å². The molecule has 0 bridgehead atoms. The summed E-state index contributed by atoms with van der Waals surface area (Å²) >= 11 is 0. The lowest BCUT2D eigenvalue weighted by Gasteiger charge is -2.32. The zero-order chi connectivity index (χ0) is 16.6. The Hall–Kier alpha value is -2.02. The molecule has 7 heteroatoms. The summed E-state index contributed by atoms with van der Waals surface area (Å²) in [6, 6.07) is 0. The molecule has 23 heavy (non-hydrogen) atoms. The largest absolute Gasteiger partial charge is 0.388 e. The van der Waals surface area contributed by atoms with Gasteiger partial charge >= 0.3 is 0 Å². The van der Waals surface area contributed by atoms with Crippen LogP contribution < -0.4 is 4.90 Å². The number of hydrogen-bond acceptors (Lipinski definition) is 6. The van der Waals surface area contributed by atoms with Crippen LogP contribution in [0.5, 0.6) is 0 Å². The molecule has 1 saturated heterocycles. The van der Waals surface area contributed by atoms with Gasteiger partial charge in [-0.2, -0.15) is 0 Å². The van der Waals surface area contributed by atoms with Crippen molar-refractivity contribution in [3.8, 4) is 0 Å². The number of aliphatic hydroxyl groups is 1. The molecule has 0 atom stereocenters. The van der Waals surface area contributed by atoms with E-state index in [1.165, 1.54) is 5.56 Å². The fraction of sp³-hybridized carbons (Fsp3) is 0.625. The van der Waals surface area contributed by atoms with Crippen molar-refractivity contribution in [1.29, 1.82) is 0 Å². The second kappa shape index (κ2) is 6.23. The van der Waals surface area contributed by atoms with Crippen LogP contribution in [0.1, 0.15) is 47.4 Å². The minimum absolute atomic E-state index is 0.0713. The van der Waals surface area contributed by atoms with Gasteiger partial charge in [-0.05, 0) is 39.2 Å². The zero-order valence-corrected chi connectivity index (χ0v) is 14.2. The lowest BCUT2D eigenvalue weighted by molar-refractivity contribution is 0.266. The summed E-state index contributed by atoms with van der Waals surface area (Å²) in [7, 11) is 1.92. The number of rotatable bonds is 3. The molecule has 0 spiro atoms. The fourth-order valence-electron chi connectivity index (χ4n) is 3.10. The first-order valence-electron chi connectivity index (χ1n) is 8.07. The van der Waals surface area contributed by atoms with Crippen LogP contribution >= 0.6 is 0 Å². The Kier molecular flexibility index (Phi) is 4.30. The highest BCUT2D eigenvalue weighted by molar-refractivity contribution is 5.36. The Morgan fingerprint density at radius 1 is 1.04 bits per heavy atom. The quantitative estimate of drug-likeness (QED) is 0.922. The molecule has 1 aliphatic rings. The van der Waals surface area contributed by atoms with Gasteiger partial charge in [-0.15, -0.1) is 10.2 Å². The summed E-state index contributed by atoms with van der Waals surface area (Å²) in [5, 5.41) is 17.5. The molecule has 0 aromatic carbocycles. The molecule has 3 heterocycles. The van der Waals surface area contributed by atoms with Gasteiger partial charge in [0.15, 0.2) is 5.82 Å². The average molecular weight is 316 g/mol. The summed E-state index contributed by atoms with van der Waals surface area (Å²) in [6.45, 7) is 7.89. The first-order valence-corrected chi connectivity index (χ1v) is 8.07. The third-order valence-corrected chi connectivity index (χ3v) is 4.90. The topological polar surface area (TPSA) is 80.0 Å². The van der Waals surface area contributed by atoms with Crippen molar-refractivity contribution in [2.45, 2.75) is 46.1 Å². The number of nitrogens with zero attached hydrogens (tertiary/aromatic N) is 6. The van der Waals surface area contributed by atoms with Gasteiger partial charge in [-0.1, -0.05) is 0 Å². The van der Waals surface area contributed by atoms with E-state index in [0.29, 0.717) is 11.7 Å². The Bertz CT molecular complexity index is 680. The van der Waals surface area contributed by atoms with Gasteiger partial charge in [-0.25, -0.2) is 9.97 Å². The van der Waals surface area contributed by atoms with E-state index in [9.17, 15) is 5.11 Å². The molecule has 0 radical (unpaired) electrons. The molecule has 2 aromatic rings. The average Bonchev–Trinajstić information content (AvgIpc) is 2.93. The highest BCUT2D eigenvalue weighted by Gasteiger charge is 2.26. The molecule has 0 aliphatic carbocycles. The number of aryl methyl sites for hydroxylation is 2. The number of aliphatic hydroxyl groups excluding tert-OH is 1. The number of piperidine rings is 1. The van der Waals surface area contributed by atoms with E-state index in [1.807, 2.05) is 25.5 Å². The smallest absolute Gasteiger partial charge is 0.225 e. The van der Waals surface area contributed by atoms with Crippen molar-refractivity contribution in [2.75, 3.05) is 18.0 Å². The first-order chi connectivity index (χ1) is 11.0. The Morgan fingerprint density at radius 2 is 1.65 bits per heavy atom. The van der Waals surface area contributed by atoms with Gasteiger partial charge in [0.2, 0.25) is 5.95 Å². The molecule has 7 nitrogen and oxygen atoms in total. The van der Waals surface area contributed by atoms with Gasteiger partial charge < -0.3 is 14.6 Å². The summed E-state index contributed by atoms with van der Waals surface area (Å²) in [4.78, 5) is 11.5. The van der Waals surface area contributed by atoms with Crippen LogP contribution in [0, 0.1) is 20.8 Å². The Balaban J connectivity index is 1.72. The van der Waals surface area contributed by atoms with Crippen LogP contribution in [0.2, 0.25) is 0 Å². The second-order valence-corrected chi connectivity index (χ2v) is 6.27. The van der Waals surface area contributed by atoms with Gasteiger partial charge in [0.05, 0.1) is 0 Å². The molecule has 0 unspecified atom stereocenters. The summed E-state index contributed by atoms with van der Waals surface area (Å²) in [5.74, 6) is 2.79. The highest BCUT2D eigenvalue weighted by Crippen LogP contribution is 2.28. The second-order valence-electron chi connectivity index (χ2n) is 6.27. The van der Waals surface area contributed by atoms with E-state index in [1.54, 1.807) is 0 Å². The molecule has 1 fully saturated rings. The summed E-state index contributed by atoms with van der Waals surface area (Å²) in [5.41, 5.74) is 3.27. The van der Waals surface area contributed by atoms with Crippen molar-refractivity contribution in [2.24, 2.45) is 7.05 Å². The van der Waals surface area contributed by atoms with Crippen LogP contribution in [0.25, 0.3) is 0 Å². The molecule has 124 valence electrons. The predicted octanol–water partition coefficient (Wildman–Crippen LogP) is 1.41. The lowest BCUT2D eigenvalue weighted by atomic mass is 9.96. The maximum absolute atomic E-state index is 9.25. The molecule has 1 N–H and O–H groups in total. The normalized spacial score (nSPS) is 16.1. The van der Waals surface area contributed by atoms with Crippen LogP contribution in [0.15, 0.2) is 0 Å². The molecular formula is C16H24N6O. The van der Waals surface area contributed by atoms with Crippen LogP contribution in [-0.2, 0) is 13.7 Å². The molecule has 1 aliphatic heterocycles. The summed E-state index contributed by atoms with van der Waals surface area (Å²) < 4.78 is 1.91. The number of anilines is 1. The van der Waals surface area contributed by atoms with Crippen molar-refractivity contribution in [1.82, 2.24) is 24.7 Å². The van der Waals surface area contributed by atoms with Crippen molar-refractivity contribution in [3.05, 3.63) is 28.6 Å². The third-order valence-electron chi connectivity index (χ3n) is 4.90. The first kappa shape index (κ1) is 15.9. The Labute approximate surface area is 136 Å². The van der Waals surface area contributed by atoms with E-state index >= 15 is 0 Å². The minimum Gasteiger partial charge on any atom is -0.388 e. The van der Waals surface area contributed by atoms with E-state index in [-0.39, 0.29) is 6.61 Å². The molecule has 2 aromatic heterocycles. The number of aromatic nitrogens is 5. The monoisotopic (exact) mass is 316 g/mol. The van der Waals surface area contributed by atoms with Crippen molar-refractivity contribution in [3.63, 3.8) is 0 Å². The Morgan fingerprint density at radius 3 is 2.17 bits per heavy atom. The number of hydrogen-bond donors (Lipinski definition) is 1. The predicted molar refractivity (Wildman–Crippen MR) is 87.4 cm³/mol. The van der Waals surface area contributed by atoms with Gasteiger partial charge in [0.1, 0.15) is 12.4 Å². The van der Waals surface area contributed by atoms with Gasteiger partial charge in [0.25, 0.3) is 0 Å². The molecular weight excluding hydrogens is 292 g/mol. The van der Waals surface area contributed by atoms with Gasteiger partial charge in [0, 0.05) is 37.4 Å². The van der Waals surface area contributed by atoms with Crippen molar-refractivity contribution < 1.29 is 5.11 Å². The lowest BCUT2D eigenvalue weighted by Crippen LogP contribution is -2.35. The third kappa shape index (κ3) is 2.93. The molecule has 0 amide bonds. The highest BCUT2D eigenvalue weighted by atomic mass is 16.3. The SMILES string of the molecule is Cc1nc(N2CCC(c3nnc(CO)n3C)CC2)nc(C)c1C. The van der Waals surface area contributed by atoms with Crippen molar-refractivity contribution >= 4 is 5.95 Å². The van der Waals surface area contributed by atoms with Crippen LogP contribution in [0.4, 0.5) is 5.95 Å². The maximum atomic E-state index is 9.25. The van der Waals surface area contributed by atoms with E-state index in [4.69, 9.17) is 0 Å². The molecule has 3 rings (SSSR count). The van der Waals surface area contributed by atoms with E-state index in [2.05, 4.69) is 32.0 Å². The zero-order valence-electron chi connectivity index (χ0n) is 14.2.